The molecule has 68 heavy (non-hydrogen) atoms. The number of aliphatic hydroxyl groups excluding tert-OH is 1. The molecule has 1 aromatic rings. The molecule has 4 rings (SSSR count). The number of hydrogen-bond donors (Lipinski definition) is 1. The topological polar surface area (TPSA) is 162 Å². The Labute approximate surface area is 414 Å². The van der Waals surface area contributed by atoms with E-state index >= 15 is 0 Å². The Bertz CT molecular complexity index is 1990. The van der Waals surface area contributed by atoms with Gasteiger partial charge < -0.3 is 37.6 Å². The third-order valence-electron chi connectivity index (χ3n) is 15.3. The van der Waals surface area contributed by atoms with Gasteiger partial charge >= 0.3 is 0 Å². The van der Waals surface area contributed by atoms with E-state index in [1.54, 1.807) is 19.2 Å². The summed E-state index contributed by atoms with van der Waals surface area (Å²) in [5.41, 5.74) is 2.47. The number of methoxy groups -OCH3 is 1. The van der Waals surface area contributed by atoms with Crippen molar-refractivity contribution in [2.45, 2.75) is 216 Å². The molecule has 3 fully saturated rings. The van der Waals surface area contributed by atoms with Gasteiger partial charge in [0.05, 0.1) is 85.6 Å². The lowest BCUT2D eigenvalue weighted by Gasteiger charge is -2.42. The first-order valence-electron chi connectivity index (χ1n) is 25.0. The van der Waals surface area contributed by atoms with Crippen molar-refractivity contribution in [1.82, 2.24) is 0 Å². The monoisotopic (exact) mass is 1030 g/mol. The third-order valence-corrected chi connectivity index (χ3v) is 26.8. The van der Waals surface area contributed by atoms with E-state index in [1.807, 2.05) is 26.0 Å². The van der Waals surface area contributed by atoms with Gasteiger partial charge in [-0.25, -0.2) is 8.42 Å². The average molecular weight is 1030 g/mol. The molecule has 3 saturated heterocycles. The van der Waals surface area contributed by atoms with E-state index in [1.165, 1.54) is 0 Å². The van der Waals surface area contributed by atoms with Crippen molar-refractivity contribution in [3.63, 3.8) is 0 Å². The van der Waals surface area contributed by atoms with Gasteiger partial charge in [0.25, 0.3) is 10.1 Å². The summed E-state index contributed by atoms with van der Waals surface area (Å²) in [5.74, 6) is -1.29. The second kappa shape index (κ2) is 24.6. The van der Waals surface area contributed by atoms with E-state index < -0.39 is 73.0 Å². The van der Waals surface area contributed by atoms with Crippen LogP contribution >= 0.6 is 0 Å². The number of hydrogen-bond acceptors (Lipinski definition) is 13. The maximum Gasteiger partial charge on any atom is 0.264 e. The molecule has 3 aliphatic rings. The molecule has 10 atom stereocenters. The molecule has 3 aliphatic heterocycles. The van der Waals surface area contributed by atoms with Crippen LogP contribution in [-0.4, -0.2) is 133 Å². The molecule has 0 aliphatic carbocycles. The molecule has 1 N–H and O–H groups in total. The minimum absolute atomic E-state index is 0.0218. The molecule has 13 nitrogen and oxygen atoms in total. The van der Waals surface area contributed by atoms with Crippen molar-refractivity contribution in [1.29, 1.82) is 0 Å². The van der Waals surface area contributed by atoms with Gasteiger partial charge in [0.1, 0.15) is 0 Å². The van der Waals surface area contributed by atoms with Crippen molar-refractivity contribution >= 4 is 36.6 Å². The summed E-state index contributed by atoms with van der Waals surface area (Å²) in [7, 11) is -10.6. The van der Waals surface area contributed by atoms with Gasteiger partial charge in [0.2, 0.25) is 0 Å². The van der Waals surface area contributed by atoms with Crippen molar-refractivity contribution in [3.8, 4) is 0 Å². The molecule has 1 aromatic carbocycles. The minimum atomic E-state index is -3.83. The first-order valence-corrected chi connectivity index (χ1v) is 34.3. The Morgan fingerprint density at radius 1 is 0.882 bits per heavy atom. The maximum absolute atomic E-state index is 14.3. The molecule has 17 heteroatoms. The second-order valence-electron chi connectivity index (χ2n) is 22.8. The maximum atomic E-state index is 14.3. The van der Waals surface area contributed by atoms with Crippen LogP contribution in [0, 0.1) is 11.8 Å². The first kappa shape index (κ1) is 59.2. The van der Waals surface area contributed by atoms with Crippen LogP contribution in [0.1, 0.15) is 119 Å². The fourth-order valence-electron chi connectivity index (χ4n) is 8.94. The summed E-state index contributed by atoms with van der Waals surface area (Å²) >= 11 is 0. The summed E-state index contributed by atoms with van der Waals surface area (Å²) in [6, 6.07) is 6.99. The minimum Gasteiger partial charge on any atom is -0.414 e. The van der Waals surface area contributed by atoms with E-state index in [2.05, 4.69) is 80.9 Å². The average Bonchev–Trinajstić information content (AvgIpc) is 3.76. The lowest BCUT2D eigenvalue weighted by atomic mass is 9.86. The van der Waals surface area contributed by atoms with E-state index in [-0.39, 0.29) is 64.1 Å². The van der Waals surface area contributed by atoms with Crippen LogP contribution < -0.4 is 0 Å². The van der Waals surface area contributed by atoms with Crippen molar-refractivity contribution in [3.05, 3.63) is 54.1 Å². The Morgan fingerprint density at radius 3 is 2.06 bits per heavy atom. The molecule has 0 bridgehead atoms. The standard InChI is InChI=1S/C51H90O13S2Si2/c1-17-38-19-23-42(24-20-38)66(55,56)34-43-46(62-47(49(43)57-11)31-41(64-68(15,16)51(8,9)10)33-60-67(13,14)50(5,6)7)32-44(52)37(4)35(2)29-40(63-65(12,53)54)21-25-45-36(3)30-39(61-45)22-26-48-58-27-18-28-59-48/h19-20,23-24,35,39-41,43-49,52H,3-4,17-18,21-22,25-34H2,1-2,5-16H3/t35-,39+,40-,41?,43+,44-,45+,46+,47-,49-/m1/s1. The number of rotatable bonds is 26. The van der Waals surface area contributed by atoms with Crippen molar-refractivity contribution < 1.29 is 58.7 Å². The molecule has 0 saturated carbocycles. The van der Waals surface area contributed by atoms with Crippen molar-refractivity contribution in [2.24, 2.45) is 11.8 Å². The van der Waals surface area contributed by atoms with Crippen LogP contribution in [0.3, 0.4) is 0 Å². The molecule has 0 spiro atoms. The molecular formula is C51H90O13S2Si2. The summed E-state index contributed by atoms with van der Waals surface area (Å²) < 4.78 is 104. The van der Waals surface area contributed by atoms with E-state index in [0.717, 1.165) is 43.1 Å². The lowest BCUT2D eigenvalue weighted by molar-refractivity contribution is -0.184. The normalized spacial score (nSPS) is 25.7. The number of aryl methyl sites for hydroxylation is 1. The van der Waals surface area contributed by atoms with Crippen LogP contribution in [0.5, 0.6) is 0 Å². The van der Waals surface area contributed by atoms with Crippen LogP contribution in [-0.2, 0) is 63.1 Å². The number of sulfone groups is 1. The first-order chi connectivity index (χ1) is 31.4. The van der Waals surface area contributed by atoms with Gasteiger partial charge in [-0.05, 0) is 116 Å². The van der Waals surface area contributed by atoms with Gasteiger partial charge in [-0.1, -0.05) is 80.7 Å². The Kier molecular flexibility index (Phi) is 21.4. The van der Waals surface area contributed by atoms with Crippen LogP contribution in [0.25, 0.3) is 0 Å². The highest BCUT2D eigenvalue weighted by Crippen LogP contribution is 2.43. The van der Waals surface area contributed by atoms with Gasteiger partial charge in [0, 0.05) is 32.3 Å². The zero-order valence-corrected chi connectivity index (χ0v) is 47.8. The summed E-state index contributed by atoms with van der Waals surface area (Å²) in [6.45, 7) is 36.3. The molecule has 0 aromatic heterocycles. The lowest BCUT2D eigenvalue weighted by Crippen LogP contribution is -2.49. The highest BCUT2D eigenvalue weighted by Gasteiger charge is 2.50. The molecule has 3 heterocycles. The smallest absolute Gasteiger partial charge is 0.264 e. The number of aliphatic hydroxyl groups is 1. The van der Waals surface area contributed by atoms with Crippen LogP contribution in [0.2, 0.25) is 36.3 Å². The SMILES string of the molecule is C=C([C@H](C)C[C@@H](CC[C@@H]1O[C@@H](CCC2OCCCO2)CC1=C)OS(C)(=O)=O)[C@H](O)C[C@@H]1O[C@H](CC(CO[Si](C)(C)C(C)(C)C)O[Si](C)(C)C(C)(C)C)[C@H](OC)[C@H]1CS(=O)(=O)c1ccc(CC)cc1. The fraction of sp³-hybridized carbons (Fsp3) is 0.804. The van der Waals surface area contributed by atoms with Crippen LogP contribution in [0.4, 0.5) is 0 Å². The molecule has 1 unspecified atom stereocenters. The summed E-state index contributed by atoms with van der Waals surface area (Å²) in [6.07, 6.45) is 1.91. The summed E-state index contributed by atoms with van der Waals surface area (Å²) in [4.78, 5) is 0.218. The largest absolute Gasteiger partial charge is 0.414 e. The molecule has 0 amide bonds. The zero-order chi connectivity index (χ0) is 51.0. The van der Waals surface area contributed by atoms with E-state index in [4.69, 9.17) is 36.7 Å². The number of ether oxygens (including phenoxy) is 5. The van der Waals surface area contributed by atoms with Gasteiger partial charge in [0.15, 0.2) is 32.8 Å². The zero-order valence-electron chi connectivity index (χ0n) is 44.1. The second-order valence-corrected chi connectivity index (χ2v) is 36.0. The Hall–Kier alpha value is -1.33. The predicted octanol–water partition coefficient (Wildman–Crippen LogP) is 9.94. The fourth-order valence-corrected chi connectivity index (χ4v) is 13.7. The van der Waals surface area contributed by atoms with Crippen LogP contribution in [0.15, 0.2) is 53.5 Å². The van der Waals surface area contributed by atoms with Gasteiger partial charge in [-0.3, -0.25) is 4.18 Å². The third kappa shape index (κ3) is 17.1. The molecule has 392 valence electrons. The predicted molar refractivity (Wildman–Crippen MR) is 275 cm³/mol. The quantitative estimate of drug-likeness (QED) is 0.0531. The van der Waals surface area contributed by atoms with E-state index in [9.17, 15) is 21.9 Å². The highest BCUT2D eigenvalue weighted by molar-refractivity contribution is 7.91. The number of benzene rings is 1. The Balaban J connectivity index is 1.54. The van der Waals surface area contributed by atoms with Crippen molar-refractivity contribution in [2.75, 3.05) is 38.9 Å². The van der Waals surface area contributed by atoms with E-state index in [0.29, 0.717) is 51.1 Å². The van der Waals surface area contributed by atoms with Gasteiger partial charge in [-0.15, -0.1) is 0 Å². The Morgan fingerprint density at radius 2 is 1.50 bits per heavy atom. The highest BCUT2D eigenvalue weighted by atomic mass is 32.2. The summed E-state index contributed by atoms with van der Waals surface area (Å²) in [5, 5.41) is 11.9. The van der Waals surface area contributed by atoms with Gasteiger partial charge in [-0.2, -0.15) is 8.42 Å². The molecular weight excluding hydrogens is 941 g/mol. The molecule has 0 radical (unpaired) electrons.